The van der Waals surface area contributed by atoms with Crippen molar-refractivity contribution in [2.45, 2.75) is 25.8 Å². The van der Waals surface area contributed by atoms with Gasteiger partial charge in [0.05, 0.1) is 17.4 Å². The van der Waals surface area contributed by atoms with Crippen LogP contribution in [0.1, 0.15) is 29.9 Å². The first kappa shape index (κ1) is 14.1. The lowest BCUT2D eigenvalue weighted by Gasteiger charge is -2.16. The Labute approximate surface area is 118 Å². The van der Waals surface area contributed by atoms with Gasteiger partial charge in [-0.2, -0.15) is 5.10 Å². The van der Waals surface area contributed by atoms with Crippen LogP contribution >= 0.6 is 11.6 Å². The molecule has 1 unspecified atom stereocenters. The van der Waals surface area contributed by atoms with E-state index in [1.54, 1.807) is 0 Å². The summed E-state index contributed by atoms with van der Waals surface area (Å²) in [4.78, 5) is 0. The van der Waals surface area contributed by atoms with Crippen molar-refractivity contribution >= 4 is 11.6 Å². The number of nitrogens with zero attached hydrogens (tertiary/aromatic N) is 2. The van der Waals surface area contributed by atoms with Gasteiger partial charge in [-0.15, -0.1) is 0 Å². The van der Waals surface area contributed by atoms with Crippen LogP contribution in [-0.2, 0) is 19.9 Å². The number of aromatic nitrogens is 2. The Bertz CT molecular complexity index is 550. The molecule has 0 aliphatic carbocycles. The predicted octanol–water partition coefficient (Wildman–Crippen LogP) is 2.38. The molecule has 0 radical (unpaired) electrons. The average Bonchev–Trinajstić information content (AvgIpc) is 2.77. The molecule has 0 aliphatic rings. The molecule has 0 spiro atoms. The molecule has 5 heteroatoms. The smallest absolute Gasteiger partial charge is 0.0669 e. The van der Waals surface area contributed by atoms with E-state index in [9.17, 15) is 0 Å². The standard InChI is InChI=1S/C14H19ClN4/c1-3-12-9-14(19(2)18-12)13(17-16)8-10-5-4-6-11(15)7-10/h4-7,9,13,17H,3,8,16H2,1-2H3. The Hall–Kier alpha value is -1.36. The lowest BCUT2D eigenvalue weighted by atomic mass is 10.0. The Balaban J connectivity index is 2.22. The van der Waals surface area contributed by atoms with Gasteiger partial charge in [-0.25, -0.2) is 0 Å². The Morgan fingerprint density at radius 3 is 2.79 bits per heavy atom. The third-order valence-electron chi connectivity index (χ3n) is 3.22. The Morgan fingerprint density at radius 1 is 1.42 bits per heavy atom. The van der Waals surface area contributed by atoms with E-state index in [4.69, 9.17) is 17.4 Å². The molecular weight excluding hydrogens is 260 g/mol. The molecule has 3 N–H and O–H groups in total. The van der Waals surface area contributed by atoms with Crippen LogP contribution in [0.4, 0.5) is 0 Å². The van der Waals surface area contributed by atoms with Crippen molar-refractivity contribution in [1.29, 1.82) is 0 Å². The minimum atomic E-state index is 0.0243. The molecule has 0 aliphatic heterocycles. The summed E-state index contributed by atoms with van der Waals surface area (Å²) in [5, 5.41) is 5.20. The molecule has 0 saturated heterocycles. The summed E-state index contributed by atoms with van der Waals surface area (Å²) in [5.41, 5.74) is 6.16. The number of hydrazine groups is 1. The highest BCUT2D eigenvalue weighted by Gasteiger charge is 2.16. The van der Waals surface area contributed by atoms with Crippen molar-refractivity contribution in [3.8, 4) is 0 Å². The first-order chi connectivity index (χ1) is 9.13. The summed E-state index contributed by atoms with van der Waals surface area (Å²) in [5.74, 6) is 5.69. The fourth-order valence-electron chi connectivity index (χ4n) is 2.19. The van der Waals surface area contributed by atoms with Gasteiger partial charge in [0.2, 0.25) is 0 Å². The third kappa shape index (κ3) is 3.35. The highest BCUT2D eigenvalue weighted by atomic mass is 35.5. The van der Waals surface area contributed by atoms with Crippen molar-refractivity contribution < 1.29 is 0 Å². The molecule has 4 nitrogen and oxygen atoms in total. The minimum absolute atomic E-state index is 0.0243. The SMILES string of the molecule is CCc1cc(C(Cc2cccc(Cl)c2)NN)n(C)n1. The topological polar surface area (TPSA) is 55.9 Å². The molecule has 1 aromatic carbocycles. The monoisotopic (exact) mass is 278 g/mol. The van der Waals surface area contributed by atoms with Gasteiger partial charge < -0.3 is 0 Å². The van der Waals surface area contributed by atoms with E-state index in [1.165, 1.54) is 0 Å². The fraction of sp³-hybridized carbons (Fsp3) is 0.357. The molecule has 102 valence electrons. The maximum absolute atomic E-state index is 6.01. The second-order valence-corrected chi connectivity index (χ2v) is 5.03. The van der Waals surface area contributed by atoms with Crippen molar-refractivity contribution in [3.05, 3.63) is 52.3 Å². The first-order valence-electron chi connectivity index (χ1n) is 6.37. The molecule has 1 aromatic heterocycles. The number of halogens is 1. The van der Waals surface area contributed by atoms with E-state index < -0.39 is 0 Å². The Morgan fingerprint density at radius 2 is 2.21 bits per heavy atom. The molecule has 2 aromatic rings. The second-order valence-electron chi connectivity index (χ2n) is 4.59. The summed E-state index contributed by atoms with van der Waals surface area (Å²) >= 11 is 6.01. The molecule has 0 amide bonds. The van der Waals surface area contributed by atoms with Gasteiger partial charge in [0.1, 0.15) is 0 Å². The second kappa shape index (κ2) is 6.19. The maximum atomic E-state index is 6.01. The lowest BCUT2D eigenvalue weighted by Crippen LogP contribution is -2.31. The van der Waals surface area contributed by atoms with Gasteiger partial charge in [0.15, 0.2) is 0 Å². The predicted molar refractivity (Wildman–Crippen MR) is 77.8 cm³/mol. The van der Waals surface area contributed by atoms with E-state index in [1.807, 2.05) is 36.0 Å². The van der Waals surface area contributed by atoms with Crippen LogP contribution in [0.3, 0.4) is 0 Å². The van der Waals surface area contributed by atoms with Gasteiger partial charge in [-0.3, -0.25) is 16.0 Å². The summed E-state index contributed by atoms with van der Waals surface area (Å²) in [7, 11) is 1.94. The number of nitrogens with one attached hydrogen (secondary N) is 1. The van der Waals surface area contributed by atoms with Crippen molar-refractivity contribution in [3.63, 3.8) is 0 Å². The van der Waals surface area contributed by atoms with Gasteiger partial charge in [-0.05, 0) is 36.6 Å². The van der Waals surface area contributed by atoms with Crippen LogP contribution in [0.5, 0.6) is 0 Å². The van der Waals surface area contributed by atoms with Crippen LogP contribution < -0.4 is 11.3 Å². The van der Waals surface area contributed by atoms with Gasteiger partial charge >= 0.3 is 0 Å². The molecule has 1 atom stereocenters. The van der Waals surface area contributed by atoms with Crippen LogP contribution in [0.25, 0.3) is 0 Å². The zero-order chi connectivity index (χ0) is 13.8. The van der Waals surface area contributed by atoms with E-state index in [0.29, 0.717) is 0 Å². The lowest BCUT2D eigenvalue weighted by molar-refractivity contribution is 0.508. The van der Waals surface area contributed by atoms with Crippen molar-refractivity contribution in [1.82, 2.24) is 15.2 Å². The summed E-state index contributed by atoms with van der Waals surface area (Å²) in [6.45, 7) is 2.09. The highest BCUT2D eigenvalue weighted by molar-refractivity contribution is 6.30. The summed E-state index contributed by atoms with van der Waals surface area (Å²) in [6.07, 6.45) is 1.70. The molecule has 0 bridgehead atoms. The molecule has 0 saturated carbocycles. The van der Waals surface area contributed by atoms with Crippen LogP contribution in [0.15, 0.2) is 30.3 Å². The van der Waals surface area contributed by atoms with Crippen molar-refractivity contribution in [2.75, 3.05) is 0 Å². The minimum Gasteiger partial charge on any atom is -0.271 e. The van der Waals surface area contributed by atoms with Crippen LogP contribution in [0, 0.1) is 0 Å². The van der Waals surface area contributed by atoms with Gasteiger partial charge in [0.25, 0.3) is 0 Å². The molecule has 2 rings (SSSR count). The molecule has 0 fully saturated rings. The first-order valence-corrected chi connectivity index (χ1v) is 6.75. The van der Waals surface area contributed by atoms with E-state index in [-0.39, 0.29) is 6.04 Å². The highest BCUT2D eigenvalue weighted by Crippen LogP contribution is 2.20. The zero-order valence-electron chi connectivity index (χ0n) is 11.2. The fourth-order valence-corrected chi connectivity index (χ4v) is 2.40. The average molecular weight is 279 g/mol. The number of aryl methyl sites for hydroxylation is 2. The zero-order valence-corrected chi connectivity index (χ0v) is 12.0. The van der Waals surface area contributed by atoms with Crippen LogP contribution in [-0.4, -0.2) is 9.78 Å². The largest absolute Gasteiger partial charge is 0.271 e. The Kier molecular flexibility index (Phi) is 4.58. The quantitative estimate of drug-likeness (QED) is 0.652. The molecular formula is C14H19ClN4. The molecule has 19 heavy (non-hydrogen) atoms. The maximum Gasteiger partial charge on any atom is 0.0669 e. The van der Waals surface area contributed by atoms with Gasteiger partial charge in [-0.1, -0.05) is 30.7 Å². The number of benzene rings is 1. The van der Waals surface area contributed by atoms with E-state index in [2.05, 4.69) is 23.5 Å². The molecule has 1 heterocycles. The summed E-state index contributed by atoms with van der Waals surface area (Å²) in [6, 6.07) is 9.95. The van der Waals surface area contributed by atoms with E-state index >= 15 is 0 Å². The number of rotatable bonds is 5. The van der Waals surface area contributed by atoms with Crippen LogP contribution in [0.2, 0.25) is 5.02 Å². The number of hydrogen-bond donors (Lipinski definition) is 2. The number of hydrogen-bond acceptors (Lipinski definition) is 3. The number of nitrogens with two attached hydrogens (primary N) is 1. The third-order valence-corrected chi connectivity index (χ3v) is 3.45. The normalized spacial score (nSPS) is 12.6. The van der Waals surface area contributed by atoms with Gasteiger partial charge in [0, 0.05) is 12.1 Å². The summed E-state index contributed by atoms with van der Waals surface area (Å²) < 4.78 is 1.88. The van der Waals surface area contributed by atoms with E-state index in [0.717, 1.165) is 34.8 Å². The van der Waals surface area contributed by atoms with Crippen molar-refractivity contribution in [2.24, 2.45) is 12.9 Å².